The molecule has 0 aliphatic carbocycles. The first-order valence-electron chi connectivity index (χ1n) is 3.35. The molecule has 2 nitrogen and oxygen atoms in total. The van der Waals surface area contributed by atoms with Crippen LogP contribution in [0.2, 0.25) is 0 Å². The lowest BCUT2D eigenvalue weighted by molar-refractivity contribution is -0.123. The highest BCUT2D eigenvalue weighted by Crippen LogP contribution is 2.13. The first kappa shape index (κ1) is 8.47. The zero-order chi connectivity index (χ0) is 7.44. The lowest BCUT2D eigenvalue weighted by Crippen LogP contribution is -2.18. The molecule has 53 valence electrons. The van der Waals surface area contributed by atoms with Gasteiger partial charge in [-0.25, -0.2) is 0 Å². The first-order chi connectivity index (χ1) is 4.09. The maximum atomic E-state index is 10.4. The average molecular weight is 128 g/mol. The van der Waals surface area contributed by atoms with Crippen LogP contribution in [0.4, 0.5) is 0 Å². The van der Waals surface area contributed by atoms with Gasteiger partial charge in [0.15, 0.2) is 0 Å². The molecule has 0 aliphatic rings. The fourth-order valence-corrected chi connectivity index (χ4v) is 0.612. The van der Waals surface area contributed by atoms with Gasteiger partial charge in [-0.1, -0.05) is 27.2 Å². The highest BCUT2D eigenvalue weighted by molar-refractivity contribution is 5.75. The Kier molecular flexibility index (Phi) is 3.28. The van der Waals surface area contributed by atoms with Crippen molar-refractivity contribution in [3.8, 4) is 0 Å². The fourth-order valence-electron chi connectivity index (χ4n) is 0.612. The number of amides is 1. The predicted molar refractivity (Wildman–Crippen MR) is 36.7 cm³/mol. The summed E-state index contributed by atoms with van der Waals surface area (Å²) in [4.78, 5) is 10.4. The lowest BCUT2D eigenvalue weighted by Gasteiger charge is -2.12. The Balaban J connectivity index is 3.72. The Morgan fingerprint density at radius 1 is 1.56 bits per heavy atom. The quantitative estimate of drug-likeness (QED) is 0.567. The number of hydrogen-bond donors (Lipinski definition) is 0. The molecule has 2 atom stereocenters. The molecule has 0 aliphatic heterocycles. The summed E-state index contributed by atoms with van der Waals surface area (Å²) in [5.41, 5.74) is 6.78. The smallest absolute Gasteiger partial charge is 0.241 e. The van der Waals surface area contributed by atoms with E-state index in [9.17, 15) is 4.79 Å². The second-order valence-electron chi connectivity index (χ2n) is 2.54. The molecule has 0 aromatic carbocycles. The van der Waals surface area contributed by atoms with Gasteiger partial charge in [-0.05, 0) is 5.92 Å². The third-order valence-electron chi connectivity index (χ3n) is 1.91. The van der Waals surface area contributed by atoms with Gasteiger partial charge in [0.2, 0.25) is 5.91 Å². The third kappa shape index (κ3) is 2.49. The van der Waals surface area contributed by atoms with E-state index in [1.165, 1.54) is 0 Å². The van der Waals surface area contributed by atoms with Gasteiger partial charge < -0.3 is 0 Å². The maximum Gasteiger partial charge on any atom is 0.241 e. The van der Waals surface area contributed by atoms with E-state index >= 15 is 0 Å². The van der Waals surface area contributed by atoms with E-state index in [1.807, 2.05) is 20.8 Å². The summed E-state index contributed by atoms with van der Waals surface area (Å²) in [6, 6.07) is 0. The Hall–Kier alpha value is -0.530. The molecular weight excluding hydrogens is 114 g/mol. The van der Waals surface area contributed by atoms with Gasteiger partial charge in [-0.3, -0.25) is 10.5 Å². The summed E-state index contributed by atoms with van der Waals surface area (Å²) in [5.74, 6) is -0.172. The van der Waals surface area contributed by atoms with Crippen molar-refractivity contribution in [1.29, 1.82) is 0 Å². The van der Waals surface area contributed by atoms with Crippen LogP contribution in [0, 0.1) is 11.8 Å². The summed E-state index contributed by atoms with van der Waals surface area (Å²) in [6.45, 7) is 5.84. The third-order valence-corrected chi connectivity index (χ3v) is 1.91. The van der Waals surface area contributed by atoms with E-state index in [0.29, 0.717) is 5.92 Å². The van der Waals surface area contributed by atoms with E-state index < -0.39 is 5.91 Å². The van der Waals surface area contributed by atoms with Crippen LogP contribution in [0.1, 0.15) is 27.2 Å². The molecule has 1 N–H and O–H groups in total. The summed E-state index contributed by atoms with van der Waals surface area (Å²) >= 11 is 0. The van der Waals surface area contributed by atoms with Crippen LogP contribution in [-0.2, 0) is 4.79 Å². The van der Waals surface area contributed by atoms with Crippen LogP contribution in [0.15, 0.2) is 0 Å². The molecule has 1 amide bonds. The molecule has 0 aromatic rings. The molecule has 0 saturated carbocycles. The van der Waals surface area contributed by atoms with Crippen molar-refractivity contribution in [2.75, 3.05) is 0 Å². The Morgan fingerprint density at radius 2 is 2.00 bits per heavy atom. The number of hydrogen-bond acceptors (Lipinski definition) is 1. The average Bonchev–Trinajstić information content (AvgIpc) is 1.84. The van der Waals surface area contributed by atoms with Crippen LogP contribution < -0.4 is 5.73 Å². The minimum absolute atomic E-state index is 0.0880. The molecule has 0 bridgehead atoms. The zero-order valence-electron chi connectivity index (χ0n) is 6.27. The van der Waals surface area contributed by atoms with Crippen molar-refractivity contribution < 1.29 is 4.79 Å². The molecule has 9 heavy (non-hydrogen) atoms. The summed E-state index contributed by atoms with van der Waals surface area (Å²) in [7, 11) is 0. The van der Waals surface area contributed by atoms with Crippen LogP contribution in [0.5, 0.6) is 0 Å². The summed E-state index contributed by atoms with van der Waals surface area (Å²) in [5, 5.41) is 0. The SMILES string of the molecule is CCC(C)C(C)C([NH])=O. The monoisotopic (exact) mass is 128 g/mol. The maximum absolute atomic E-state index is 10.4. The van der Waals surface area contributed by atoms with Crippen molar-refractivity contribution in [2.24, 2.45) is 11.8 Å². The van der Waals surface area contributed by atoms with Crippen LogP contribution in [-0.4, -0.2) is 5.91 Å². The summed E-state index contributed by atoms with van der Waals surface area (Å²) in [6.07, 6.45) is 0.978. The fraction of sp³-hybridized carbons (Fsp3) is 0.857. The van der Waals surface area contributed by atoms with Gasteiger partial charge in [0, 0.05) is 5.92 Å². The molecular formula is C7H14NO. The van der Waals surface area contributed by atoms with E-state index in [-0.39, 0.29) is 5.92 Å². The van der Waals surface area contributed by atoms with E-state index in [4.69, 9.17) is 5.73 Å². The van der Waals surface area contributed by atoms with Gasteiger partial charge in [0.1, 0.15) is 0 Å². The number of nitrogens with one attached hydrogen (secondary N) is 1. The van der Waals surface area contributed by atoms with Crippen LogP contribution in [0.3, 0.4) is 0 Å². The van der Waals surface area contributed by atoms with E-state index in [2.05, 4.69) is 0 Å². The first-order valence-corrected chi connectivity index (χ1v) is 3.35. The molecule has 2 unspecified atom stereocenters. The van der Waals surface area contributed by atoms with Crippen molar-refractivity contribution in [3.05, 3.63) is 0 Å². The molecule has 1 radical (unpaired) electrons. The molecule has 0 heterocycles. The molecule has 0 aromatic heterocycles. The van der Waals surface area contributed by atoms with Crippen molar-refractivity contribution in [2.45, 2.75) is 27.2 Å². The summed E-state index contributed by atoms with van der Waals surface area (Å²) < 4.78 is 0. The van der Waals surface area contributed by atoms with Gasteiger partial charge in [0.25, 0.3) is 0 Å². The van der Waals surface area contributed by atoms with Crippen molar-refractivity contribution in [3.63, 3.8) is 0 Å². The Bertz CT molecular complexity index is 101. The lowest BCUT2D eigenvalue weighted by atomic mass is 9.93. The zero-order valence-corrected chi connectivity index (χ0v) is 6.27. The standard InChI is InChI=1S/C7H14NO/c1-4-5(2)6(3)7(8)9/h5-6,8H,4H2,1-3H3. The largest absolute Gasteiger partial charge is 0.273 e. The number of carbonyl (C=O) groups excluding carboxylic acids is 1. The van der Waals surface area contributed by atoms with Gasteiger partial charge in [0.05, 0.1) is 0 Å². The number of carbonyl (C=O) groups is 1. The van der Waals surface area contributed by atoms with Gasteiger partial charge >= 0.3 is 0 Å². The molecule has 0 spiro atoms. The van der Waals surface area contributed by atoms with Gasteiger partial charge in [-0.2, -0.15) is 0 Å². The second kappa shape index (κ2) is 3.49. The molecule has 0 saturated heterocycles. The topological polar surface area (TPSA) is 40.9 Å². The normalized spacial score (nSPS) is 16.8. The van der Waals surface area contributed by atoms with E-state index in [0.717, 1.165) is 6.42 Å². The van der Waals surface area contributed by atoms with E-state index in [1.54, 1.807) is 0 Å². The minimum Gasteiger partial charge on any atom is -0.273 e. The molecule has 2 heteroatoms. The predicted octanol–water partition coefficient (Wildman–Crippen LogP) is 1.48. The Morgan fingerprint density at radius 3 is 2.11 bits per heavy atom. The minimum atomic E-state index is -0.440. The van der Waals surface area contributed by atoms with Gasteiger partial charge in [-0.15, -0.1) is 0 Å². The highest BCUT2D eigenvalue weighted by atomic mass is 16.1. The van der Waals surface area contributed by atoms with Crippen molar-refractivity contribution >= 4 is 5.91 Å². The van der Waals surface area contributed by atoms with Crippen LogP contribution >= 0.6 is 0 Å². The molecule has 0 fully saturated rings. The second-order valence-corrected chi connectivity index (χ2v) is 2.54. The van der Waals surface area contributed by atoms with Crippen LogP contribution in [0.25, 0.3) is 0 Å². The molecule has 0 rings (SSSR count). The Labute approximate surface area is 56.4 Å². The van der Waals surface area contributed by atoms with Crippen molar-refractivity contribution in [1.82, 2.24) is 5.73 Å². The highest BCUT2D eigenvalue weighted by Gasteiger charge is 2.15. The number of rotatable bonds is 3.